The van der Waals surface area contributed by atoms with Crippen molar-refractivity contribution in [3.63, 3.8) is 0 Å². The Balaban J connectivity index is 1.40. The van der Waals surface area contributed by atoms with E-state index in [1.165, 1.54) is 12.1 Å². The second-order valence-electron chi connectivity index (χ2n) is 8.65. The van der Waals surface area contributed by atoms with Crippen molar-refractivity contribution in [1.29, 1.82) is 0 Å². The molecule has 0 unspecified atom stereocenters. The highest BCUT2D eigenvalue weighted by atomic mass is 19.1. The van der Waals surface area contributed by atoms with Gasteiger partial charge in [0.2, 0.25) is 5.91 Å². The molecule has 0 saturated carbocycles. The number of aromatic amines is 1. The Bertz CT molecular complexity index is 962. The average Bonchev–Trinajstić information content (AvgIpc) is 2.75. The third-order valence-corrected chi connectivity index (χ3v) is 6.35. The maximum absolute atomic E-state index is 13.0. The van der Waals surface area contributed by atoms with Crippen LogP contribution in [0.4, 0.5) is 4.39 Å². The standard InChI is InChI=1S/C23H29FN4O2/c1-15(2)28-12-9-19-20(14-28)25-22(26-23(19)30)17-7-10-27(11-8-17)21(29)13-16-3-5-18(24)6-4-16/h3-6,15,17H,7-14H2,1-2H3,(H,25,26,30). The average molecular weight is 413 g/mol. The number of aromatic nitrogens is 2. The summed E-state index contributed by atoms with van der Waals surface area (Å²) in [6, 6.07) is 6.50. The Labute approximate surface area is 176 Å². The van der Waals surface area contributed by atoms with Crippen LogP contribution in [0.15, 0.2) is 29.1 Å². The fourth-order valence-electron chi connectivity index (χ4n) is 4.40. The number of fused-ring (bicyclic) bond motifs is 1. The van der Waals surface area contributed by atoms with E-state index in [4.69, 9.17) is 4.98 Å². The molecule has 3 heterocycles. The van der Waals surface area contributed by atoms with Crippen LogP contribution >= 0.6 is 0 Å². The lowest BCUT2D eigenvalue weighted by atomic mass is 9.94. The molecule has 2 aliphatic heterocycles. The first-order valence-electron chi connectivity index (χ1n) is 10.8. The zero-order valence-electron chi connectivity index (χ0n) is 17.7. The van der Waals surface area contributed by atoms with Crippen molar-refractivity contribution in [2.45, 2.75) is 58.0 Å². The summed E-state index contributed by atoms with van der Waals surface area (Å²) in [6.07, 6.45) is 2.59. The Morgan fingerprint density at radius 1 is 1.20 bits per heavy atom. The first-order chi connectivity index (χ1) is 14.4. The number of piperidine rings is 1. The topological polar surface area (TPSA) is 69.3 Å². The first-order valence-corrected chi connectivity index (χ1v) is 10.8. The third kappa shape index (κ3) is 4.46. The van der Waals surface area contributed by atoms with Gasteiger partial charge in [0, 0.05) is 43.7 Å². The van der Waals surface area contributed by atoms with Gasteiger partial charge in [-0.25, -0.2) is 9.37 Å². The number of carbonyl (C=O) groups excluding carboxylic acids is 1. The van der Waals surface area contributed by atoms with E-state index in [1.54, 1.807) is 12.1 Å². The van der Waals surface area contributed by atoms with Crippen LogP contribution in [0, 0.1) is 5.82 Å². The Kier molecular flexibility index (Phi) is 5.99. The van der Waals surface area contributed by atoms with Crippen molar-refractivity contribution >= 4 is 5.91 Å². The van der Waals surface area contributed by atoms with Crippen LogP contribution in [0.25, 0.3) is 0 Å². The number of rotatable bonds is 4. The summed E-state index contributed by atoms with van der Waals surface area (Å²) >= 11 is 0. The van der Waals surface area contributed by atoms with Gasteiger partial charge in [-0.05, 0) is 50.8 Å². The number of H-pyrrole nitrogens is 1. The quantitative estimate of drug-likeness (QED) is 0.838. The summed E-state index contributed by atoms with van der Waals surface area (Å²) in [5.74, 6) is 0.678. The van der Waals surface area contributed by atoms with Crippen LogP contribution in [0.2, 0.25) is 0 Å². The highest BCUT2D eigenvalue weighted by Crippen LogP contribution is 2.27. The molecule has 160 valence electrons. The summed E-state index contributed by atoms with van der Waals surface area (Å²) in [5, 5.41) is 0. The molecule has 1 saturated heterocycles. The van der Waals surface area contributed by atoms with Crippen LogP contribution < -0.4 is 5.56 Å². The van der Waals surface area contributed by atoms with E-state index in [1.807, 2.05) is 4.90 Å². The van der Waals surface area contributed by atoms with Gasteiger partial charge in [0.25, 0.3) is 5.56 Å². The molecule has 2 aromatic rings. The number of nitrogens with one attached hydrogen (secondary N) is 1. The van der Waals surface area contributed by atoms with Gasteiger partial charge in [-0.2, -0.15) is 0 Å². The van der Waals surface area contributed by atoms with Gasteiger partial charge in [-0.15, -0.1) is 0 Å². The lowest BCUT2D eigenvalue weighted by Crippen LogP contribution is -2.41. The molecule has 1 amide bonds. The number of hydrogen-bond acceptors (Lipinski definition) is 4. The van der Waals surface area contributed by atoms with Crippen molar-refractivity contribution in [1.82, 2.24) is 19.8 Å². The summed E-state index contributed by atoms with van der Waals surface area (Å²) in [6.45, 7) is 7.23. The largest absolute Gasteiger partial charge is 0.342 e. The SMILES string of the molecule is CC(C)N1CCc2c(nc(C3CCN(C(=O)Cc4ccc(F)cc4)CC3)[nH]c2=O)C1. The van der Waals surface area contributed by atoms with Gasteiger partial charge in [0.05, 0.1) is 12.1 Å². The normalized spacial score (nSPS) is 17.9. The predicted molar refractivity (Wildman–Crippen MR) is 113 cm³/mol. The minimum Gasteiger partial charge on any atom is -0.342 e. The number of carbonyl (C=O) groups is 1. The number of likely N-dealkylation sites (tertiary alicyclic amines) is 1. The maximum atomic E-state index is 13.0. The molecule has 1 aromatic heterocycles. The van der Waals surface area contributed by atoms with E-state index in [-0.39, 0.29) is 29.6 Å². The molecule has 1 aromatic carbocycles. The molecule has 1 N–H and O–H groups in total. The van der Waals surface area contributed by atoms with Gasteiger partial charge in [0.1, 0.15) is 11.6 Å². The van der Waals surface area contributed by atoms with Gasteiger partial charge in [-0.3, -0.25) is 14.5 Å². The lowest BCUT2D eigenvalue weighted by molar-refractivity contribution is -0.131. The molecule has 1 fully saturated rings. The second-order valence-corrected chi connectivity index (χ2v) is 8.65. The zero-order valence-corrected chi connectivity index (χ0v) is 17.7. The van der Waals surface area contributed by atoms with Crippen LogP contribution in [0.5, 0.6) is 0 Å². The molecular weight excluding hydrogens is 383 g/mol. The fraction of sp³-hybridized carbons (Fsp3) is 0.522. The van der Waals surface area contributed by atoms with Gasteiger partial charge in [-0.1, -0.05) is 12.1 Å². The Morgan fingerprint density at radius 2 is 1.90 bits per heavy atom. The number of halogens is 1. The summed E-state index contributed by atoms with van der Waals surface area (Å²) in [4.78, 5) is 37.2. The van der Waals surface area contributed by atoms with Crippen molar-refractivity contribution in [2.24, 2.45) is 0 Å². The van der Waals surface area contributed by atoms with Crippen molar-refractivity contribution in [2.75, 3.05) is 19.6 Å². The number of benzene rings is 1. The third-order valence-electron chi connectivity index (χ3n) is 6.35. The van der Waals surface area contributed by atoms with Crippen LogP contribution in [-0.2, 0) is 24.2 Å². The molecule has 0 bridgehead atoms. The minimum absolute atomic E-state index is 0.00628. The van der Waals surface area contributed by atoms with Crippen molar-refractivity contribution in [3.8, 4) is 0 Å². The lowest BCUT2D eigenvalue weighted by Gasteiger charge is -2.33. The highest BCUT2D eigenvalue weighted by molar-refractivity contribution is 5.78. The summed E-state index contributed by atoms with van der Waals surface area (Å²) in [7, 11) is 0. The van der Waals surface area contributed by atoms with E-state index in [9.17, 15) is 14.0 Å². The minimum atomic E-state index is -0.296. The van der Waals surface area contributed by atoms with E-state index >= 15 is 0 Å². The smallest absolute Gasteiger partial charge is 0.254 e. The second kappa shape index (κ2) is 8.68. The van der Waals surface area contributed by atoms with E-state index < -0.39 is 0 Å². The number of nitrogens with zero attached hydrogens (tertiary/aromatic N) is 3. The van der Waals surface area contributed by atoms with Gasteiger partial charge < -0.3 is 9.88 Å². The molecule has 7 heteroatoms. The van der Waals surface area contributed by atoms with E-state index in [0.717, 1.165) is 55.0 Å². The Morgan fingerprint density at radius 3 is 2.57 bits per heavy atom. The molecule has 6 nitrogen and oxygen atoms in total. The van der Waals surface area contributed by atoms with Crippen LogP contribution in [-0.4, -0.2) is 51.4 Å². The summed E-state index contributed by atoms with van der Waals surface area (Å²) in [5.41, 5.74) is 2.54. The van der Waals surface area contributed by atoms with Gasteiger partial charge in [0.15, 0.2) is 0 Å². The molecule has 30 heavy (non-hydrogen) atoms. The molecule has 0 atom stereocenters. The van der Waals surface area contributed by atoms with Crippen LogP contribution in [0.3, 0.4) is 0 Å². The fourth-order valence-corrected chi connectivity index (χ4v) is 4.40. The predicted octanol–water partition coefficient (Wildman–Crippen LogP) is 2.62. The van der Waals surface area contributed by atoms with Crippen molar-refractivity contribution < 1.29 is 9.18 Å². The molecule has 0 aliphatic carbocycles. The number of amides is 1. The summed E-state index contributed by atoms with van der Waals surface area (Å²) < 4.78 is 13.0. The highest BCUT2D eigenvalue weighted by Gasteiger charge is 2.28. The molecule has 0 radical (unpaired) electrons. The van der Waals surface area contributed by atoms with Crippen molar-refractivity contribution in [3.05, 3.63) is 63.1 Å². The first kappa shape index (κ1) is 20.7. The molecular formula is C23H29FN4O2. The van der Waals surface area contributed by atoms with Crippen LogP contribution in [0.1, 0.15) is 55.3 Å². The van der Waals surface area contributed by atoms with E-state index in [0.29, 0.717) is 19.1 Å². The molecule has 4 rings (SSSR count). The monoisotopic (exact) mass is 412 g/mol. The van der Waals surface area contributed by atoms with Gasteiger partial charge >= 0.3 is 0 Å². The maximum Gasteiger partial charge on any atom is 0.254 e. The molecule has 2 aliphatic rings. The Hall–Kier alpha value is -2.54. The number of hydrogen-bond donors (Lipinski definition) is 1. The molecule has 0 spiro atoms. The zero-order chi connectivity index (χ0) is 21.3. The van der Waals surface area contributed by atoms with E-state index in [2.05, 4.69) is 23.7 Å².